The fourth-order valence-electron chi connectivity index (χ4n) is 2.73. The molecule has 0 radical (unpaired) electrons. The highest BCUT2D eigenvalue weighted by Crippen LogP contribution is 2.40. The van der Waals surface area contributed by atoms with Crippen molar-refractivity contribution < 1.29 is 9.47 Å². The third-order valence-electron chi connectivity index (χ3n) is 3.59. The average Bonchev–Trinajstić information content (AvgIpc) is 2.61. The molecule has 1 unspecified atom stereocenters. The van der Waals surface area contributed by atoms with Gasteiger partial charge in [-0.15, -0.1) is 0 Å². The van der Waals surface area contributed by atoms with Gasteiger partial charge in [-0.1, -0.05) is 0 Å². The molecule has 1 aromatic rings. The number of hydrogen-bond acceptors (Lipinski definition) is 4. The lowest BCUT2D eigenvalue weighted by molar-refractivity contribution is 0.392. The maximum atomic E-state index is 6.08. The Morgan fingerprint density at radius 3 is 2.50 bits per heavy atom. The SMILES string of the molecule is COc1ccc(N2CC(N)CC2(C)C)c(OC)c1. The van der Waals surface area contributed by atoms with Gasteiger partial charge in [0.2, 0.25) is 0 Å². The van der Waals surface area contributed by atoms with E-state index in [9.17, 15) is 0 Å². The van der Waals surface area contributed by atoms with Gasteiger partial charge in [-0.05, 0) is 32.4 Å². The van der Waals surface area contributed by atoms with Gasteiger partial charge in [0.1, 0.15) is 11.5 Å². The van der Waals surface area contributed by atoms with Gasteiger partial charge in [0.05, 0.1) is 19.9 Å². The molecule has 100 valence electrons. The van der Waals surface area contributed by atoms with E-state index in [-0.39, 0.29) is 11.6 Å². The molecule has 1 heterocycles. The van der Waals surface area contributed by atoms with Crippen molar-refractivity contribution in [1.29, 1.82) is 0 Å². The van der Waals surface area contributed by atoms with E-state index in [2.05, 4.69) is 18.7 Å². The number of anilines is 1. The van der Waals surface area contributed by atoms with Crippen molar-refractivity contribution in [3.63, 3.8) is 0 Å². The van der Waals surface area contributed by atoms with Gasteiger partial charge in [0, 0.05) is 24.2 Å². The van der Waals surface area contributed by atoms with Gasteiger partial charge in [-0.25, -0.2) is 0 Å². The summed E-state index contributed by atoms with van der Waals surface area (Å²) < 4.78 is 10.7. The van der Waals surface area contributed by atoms with Gasteiger partial charge in [0.15, 0.2) is 0 Å². The van der Waals surface area contributed by atoms with Crippen LogP contribution in [0, 0.1) is 0 Å². The maximum Gasteiger partial charge on any atom is 0.145 e. The zero-order valence-corrected chi connectivity index (χ0v) is 11.6. The second-order valence-electron chi connectivity index (χ2n) is 5.43. The number of nitrogens with zero attached hydrogens (tertiary/aromatic N) is 1. The fourth-order valence-corrected chi connectivity index (χ4v) is 2.73. The van der Waals surface area contributed by atoms with Crippen LogP contribution in [0.2, 0.25) is 0 Å². The predicted molar refractivity (Wildman–Crippen MR) is 73.6 cm³/mol. The molecule has 1 fully saturated rings. The van der Waals surface area contributed by atoms with E-state index in [1.54, 1.807) is 14.2 Å². The molecular formula is C14H22N2O2. The zero-order chi connectivity index (χ0) is 13.3. The van der Waals surface area contributed by atoms with E-state index in [4.69, 9.17) is 15.2 Å². The van der Waals surface area contributed by atoms with E-state index in [1.165, 1.54) is 0 Å². The molecule has 0 aliphatic carbocycles. The van der Waals surface area contributed by atoms with E-state index >= 15 is 0 Å². The van der Waals surface area contributed by atoms with Crippen molar-refractivity contribution in [2.45, 2.75) is 31.8 Å². The van der Waals surface area contributed by atoms with Crippen molar-refractivity contribution in [3.05, 3.63) is 18.2 Å². The lowest BCUT2D eigenvalue weighted by atomic mass is 10.00. The summed E-state index contributed by atoms with van der Waals surface area (Å²) in [5, 5.41) is 0. The van der Waals surface area contributed by atoms with Crippen molar-refractivity contribution in [2.24, 2.45) is 5.73 Å². The van der Waals surface area contributed by atoms with Gasteiger partial charge in [-0.2, -0.15) is 0 Å². The number of methoxy groups -OCH3 is 2. The summed E-state index contributed by atoms with van der Waals surface area (Å²) >= 11 is 0. The quantitative estimate of drug-likeness (QED) is 0.891. The highest BCUT2D eigenvalue weighted by molar-refractivity contribution is 5.63. The second-order valence-corrected chi connectivity index (χ2v) is 5.43. The number of nitrogens with two attached hydrogens (primary N) is 1. The first-order chi connectivity index (χ1) is 8.47. The minimum Gasteiger partial charge on any atom is -0.497 e. The number of ether oxygens (including phenoxy) is 2. The summed E-state index contributed by atoms with van der Waals surface area (Å²) in [6.45, 7) is 5.28. The first-order valence-corrected chi connectivity index (χ1v) is 6.23. The normalized spacial score (nSPS) is 22.1. The smallest absolute Gasteiger partial charge is 0.145 e. The largest absolute Gasteiger partial charge is 0.497 e. The third kappa shape index (κ3) is 2.25. The summed E-state index contributed by atoms with van der Waals surface area (Å²) in [6.07, 6.45) is 0.988. The van der Waals surface area contributed by atoms with Crippen LogP contribution in [0.3, 0.4) is 0 Å². The van der Waals surface area contributed by atoms with Gasteiger partial charge in [0.25, 0.3) is 0 Å². The number of rotatable bonds is 3. The Kier molecular flexibility index (Phi) is 3.39. The van der Waals surface area contributed by atoms with Crippen molar-refractivity contribution >= 4 is 5.69 Å². The Balaban J connectivity index is 2.38. The van der Waals surface area contributed by atoms with Crippen LogP contribution < -0.4 is 20.1 Å². The molecule has 1 atom stereocenters. The Hall–Kier alpha value is -1.42. The Labute approximate surface area is 109 Å². The van der Waals surface area contributed by atoms with Crippen molar-refractivity contribution in [3.8, 4) is 11.5 Å². The molecule has 4 heteroatoms. The summed E-state index contributed by atoms with van der Waals surface area (Å²) in [6, 6.07) is 6.12. The lowest BCUT2D eigenvalue weighted by Gasteiger charge is -2.34. The van der Waals surface area contributed by atoms with Crippen molar-refractivity contribution in [1.82, 2.24) is 0 Å². The summed E-state index contributed by atoms with van der Waals surface area (Å²) in [4.78, 5) is 2.32. The predicted octanol–water partition coefficient (Wildman–Crippen LogP) is 2.02. The Morgan fingerprint density at radius 2 is 2.00 bits per heavy atom. The van der Waals surface area contributed by atoms with E-state index in [1.807, 2.05) is 18.2 Å². The Morgan fingerprint density at radius 1 is 1.28 bits per heavy atom. The topological polar surface area (TPSA) is 47.7 Å². The molecule has 1 aromatic carbocycles. The van der Waals surface area contributed by atoms with Crippen LogP contribution in [0.5, 0.6) is 11.5 Å². The molecular weight excluding hydrogens is 228 g/mol. The first-order valence-electron chi connectivity index (χ1n) is 6.23. The van der Waals surface area contributed by atoms with Gasteiger partial charge >= 0.3 is 0 Å². The molecule has 18 heavy (non-hydrogen) atoms. The third-order valence-corrected chi connectivity index (χ3v) is 3.59. The van der Waals surface area contributed by atoms with E-state index < -0.39 is 0 Å². The van der Waals surface area contributed by atoms with Gasteiger partial charge in [-0.3, -0.25) is 0 Å². The van der Waals surface area contributed by atoms with E-state index in [0.29, 0.717) is 0 Å². The maximum absolute atomic E-state index is 6.08. The highest BCUT2D eigenvalue weighted by atomic mass is 16.5. The summed E-state index contributed by atoms with van der Waals surface area (Å²) in [5.74, 6) is 1.63. The molecule has 1 aliphatic rings. The minimum atomic E-state index is 0.0568. The van der Waals surface area contributed by atoms with Crippen LogP contribution in [0.1, 0.15) is 20.3 Å². The second kappa shape index (κ2) is 4.69. The van der Waals surface area contributed by atoms with Crippen LogP contribution in [-0.4, -0.2) is 32.3 Å². The minimum absolute atomic E-state index is 0.0568. The van der Waals surface area contributed by atoms with Crippen LogP contribution in [0.15, 0.2) is 18.2 Å². The molecule has 0 bridgehead atoms. The summed E-state index contributed by atoms with van der Waals surface area (Å²) in [5.41, 5.74) is 7.22. The monoisotopic (exact) mass is 250 g/mol. The van der Waals surface area contributed by atoms with Crippen LogP contribution in [0.4, 0.5) is 5.69 Å². The molecule has 2 N–H and O–H groups in total. The zero-order valence-electron chi connectivity index (χ0n) is 11.6. The lowest BCUT2D eigenvalue weighted by Crippen LogP contribution is -2.38. The fraction of sp³-hybridized carbons (Fsp3) is 0.571. The molecule has 0 aromatic heterocycles. The molecule has 4 nitrogen and oxygen atoms in total. The average molecular weight is 250 g/mol. The van der Waals surface area contributed by atoms with Crippen LogP contribution >= 0.6 is 0 Å². The van der Waals surface area contributed by atoms with Crippen LogP contribution in [0.25, 0.3) is 0 Å². The van der Waals surface area contributed by atoms with E-state index in [0.717, 1.165) is 30.2 Å². The van der Waals surface area contributed by atoms with Crippen molar-refractivity contribution in [2.75, 3.05) is 25.7 Å². The molecule has 0 amide bonds. The molecule has 1 saturated heterocycles. The Bertz CT molecular complexity index is 432. The van der Waals surface area contributed by atoms with Crippen LogP contribution in [-0.2, 0) is 0 Å². The highest BCUT2D eigenvalue weighted by Gasteiger charge is 2.37. The molecule has 2 rings (SSSR count). The molecule has 1 aliphatic heterocycles. The molecule has 0 spiro atoms. The van der Waals surface area contributed by atoms with Gasteiger partial charge < -0.3 is 20.1 Å². The number of benzene rings is 1. The first kappa shape index (κ1) is 13.0. The molecule has 0 saturated carbocycles. The number of hydrogen-bond donors (Lipinski definition) is 1. The summed E-state index contributed by atoms with van der Waals surface area (Å²) in [7, 11) is 3.34. The standard InChI is InChI=1S/C14H22N2O2/c1-14(2)8-10(15)9-16(14)12-6-5-11(17-3)7-13(12)18-4/h5-7,10H,8-9,15H2,1-4H3.